The third kappa shape index (κ3) is 5.32. The van der Waals surface area contributed by atoms with Crippen LogP contribution in [0.25, 0.3) is 0 Å². The predicted molar refractivity (Wildman–Crippen MR) is 89.3 cm³/mol. The van der Waals surface area contributed by atoms with E-state index in [-0.39, 0.29) is 12.5 Å². The van der Waals surface area contributed by atoms with Crippen molar-refractivity contribution in [3.05, 3.63) is 21.9 Å². The zero-order valence-electron chi connectivity index (χ0n) is 14.0. The molecule has 1 atom stereocenters. The second-order valence-corrected chi connectivity index (χ2v) is 7.24. The predicted octanol–water partition coefficient (Wildman–Crippen LogP) is 2.63. The van der Waals surface area contributed by atoms with E-state index in [1.165, 1.54) is 10.4 Å². The highest BCUT2D eigenvalue weighted by molar-refractivity contribution is 7.10. The molecule has 23 heavy (non-hydrogen) atoms. The van der Waals surface area contributed by atoms with E-state index in [1.54, 1.807) is 23.2 Å². The van der Waals surface area contributed by atoms with E-state index < -0.39 is 12.1 Å². The first kappa shape index (κ1) is 17.9. The molecular weight excluding hydrogens is 314 g/mol. The van der Waals surface area contributed by atoms with Gasteiger partial charge in [0, 0.05) is 24.6 Å². The zero-order chi connectivity index (χ0) is 16.8. The van der Waals surface area contributed by atoms with Gasteiger partial charge in [-0.25, -0.2) is 4.79 Å². The van der Waals surface area contributed by atoms with E-state index in [0.29, 0.717) is 25.6 Å². The van der Waals surface area contributed by atoms with E-state index in [4.69, 9.17) is 9.47 Å². The van der Waals surface area contributed by atoms with Gasteiger partial charge in [-0.15, -0.1) is 11.3 Å². The van der Waals surface area contributed by atoms with Crippen molar-refractivity contribution in [2.75, 3.05) is 19.8 Å². The topological polar surface area (TPSA) is 55.8 Å². The molecule has 5 nitrogen and oxygen atoms in total. The highest BCUT2D eigenvalue weighted by Crippen LogP contribution is 2.23. The normalized spacial score (nSPS) is 15.4. The molecule has 0 radical (unpaired) electrons. The first-order valence-electron chi connectivity index (χ1n) is 8.08. The summed E-state index contributed by atoms with van der Waals surface area (Å²) in [7, 11) is 0. The van der Waals surface area contributed by atoms with Gasteiger partial charge in [-0.3, -0.25) is 4.79 Å². The van der Waals surface area contributed by atoms with Gasteiger partial charge in [0.1, 0.15) is 0 Å². The van der Waals surface area contributed by atoms with Gasteiger partial charge in [-0.2, -0.15) is 0 Å². The summed E-state index contributed by atoms with van der Waals surface area (Å²) in [6.07, 6.45) is 1.14. The molecule has 0 aliphatic carbocycles. The van der Waals surface area contributed by atoms with Crippen LogP contribution < -0.4 is 0 Å². The molecule has 0 fully saturated rings. The fourth-order valence-corrected chi connectivity index (χ4v) is 3.24. The molecule has 2 heterocycles. The van der Waals surface area contributed by atoms with Gasteiger partial charge < -0.3 is 14.4 Å². The number of amides is 1. The summed E-state index contributed by atoms with van der Waals surface area (Å²) in [5.41, 5.74) is 1.20. The van der Waals surface area contributed by atoms with Gasteiger partial charge >= 0.3 is 5.97 Å². The number of fused-ring (bicyclic) bond motifs is 1. The highest BCUT2D eigenvalue weighted by atomic mass is 32.1. The molecular formula is C17H25NO4S. The van der Waals surface area contributed by atoms with Crippen molar-refractivity contribution < 1.29 is 19.1 Å². The van der Waals surface area contributed by atoms with Crippen LogP contribution in [-0.4, -0.2) is 42.6 Å². The summed E-state index contributed by atoms with van der Waals surface area (Å²) >= 11 is 1.73. The molecule has 2 rings (SSSR count). The molecule has 0 saturated carbocycles. The number of nitrogens with zero attached hydrogens (tertiary/aromatic N) is 1. The lowest BCUT2D eigenvalue weighted by molar-refractivity contribution is -0.161. The standard InChI is InChI=1S/C17H25NO4S/c1-12(2)5-8-21-13(3)17(20)22-11-16(19)18-7-4-15-14(10-18)6-9-23-15/h6,9,12-13H,4-5,7-8,10-11H2,1-3H3. The van der Waals surface area contributed by atoms with E-state index in [9.17, 15) is 9.59 Å². The van der Waals surface area contributed by atoms with Crippen molar-refractivity contribution in [1.82, 2.24) is 4.90 Å². The van der Waals surface area contributed by atoms with E-state index in [1.807, 2.05) is 0 Å². The Morgan fingerprint density at radius 3 is 2.87 bits per heavy atom. The smallest absolute Gasteiger partial charge is 0.335 e. The number of hydrogen-bond donors (Lipinski definition) is 0. The number of hydrogen-bond acceptors (Lipinski definition) is 5. The molecule has 1 aliphatic rings. The number of thiophene rings is 1. The van der Waals surface area contributed by atoms with Crippen LogP contribution >= 0.6 is 11.3 Å². The minimum atomic E-state index is -0.633. The molecule has 0 bridgehead atoms. The Labute approximate surface area is 141 Å². The van der Waals surface area contributed by atoms with Crippen LogP contribution in [0.5, 0.6) is 0 Å². The van der Waals surface area contributed by atoms with Crippen molar-refractivity contribution >= 4 is 23.2 Å². The van der Waals surface area contributed by atoms with Crippen LogP contribution in [0.1, 0.15) is 37.6 Å². The summed E-state index contributed by atoms with van der Waals surface area (Å²) in [6.45, 7) is 7.46. The molecule has 1 aliphatic heterocycles. The van der Waals surface area contributed by atoms with Crippen molar-refractivity contribution in [2.45, 2.75) is 46.3 Å². The molecule has 0 aromatic carbocycles. The van der Waals surface area contributed by atoms with Crippen LogP contribution in [0, 0.1) is 5.92 Å². The van der Waals surface area contributed by atoms with Gasteiger partial charge in [-0.1, -0.05) is 13.8 Å². The summed E-state index contributed by atoms with van der Waals surface area (Å²) in [6, 6.07) is 2.05. The number of ether oxygens (including phenoxy) is 2. The minimum absolute atomic E-state index is 0.149. The Bertz CT molecular complexity index is 540. The molecule has 1 amide bonds. The SMILES string of the molecule is CC(C)CCOC(C)C(=O)OCC(=O)N1CCc2sccc2C1. The number of esters is 1. The highest BCUT2D eigenvalue weighted by Gasteiger charge is 2.23. The van der Waals surface area contributed by atoms with Gasteiger partial charge in [0.2, 0.25) is 0 Å². The van der Waals surface area contributed by atoms with Crippen LogP contribution in [0.2, 0.25) is 0 Å². The molecule has 1 unspecified atom stereocenters. The van der Waals surface area contributed by atoms with Crippen LogP contribution in [0.4, 0.5) is 0 Å². The monoisotopic (exact) mass is 339 g/mol. The third-order valence-corrected chi connectivity index (χ3v) is 4.92. The maximum Gasteiger partial charge on any atom is 0.335 e. The van der Waals surface area contributed by atoms with Crippen molar-refractivity contribution in [3.8, 4) is 0 Å². The molecule has 1 aromatic heterocycles. The van der Waals surface area contributed by atoms with E-state index in [2.05, 4.69) is 25.3 Å². The lowest BCUT2D eigenvalue weighted by atomic mass is 10.1. The van der Waals surface area contributed by atoms with Crippen LogP contribution in [-0.2, 0) is 32.0 Å². The fraction of sp³-hybridized carbons (Fsp3) is 0.647. The molecule has 0 spiro atoms. The summed E-state index contributed by atoms with van der Waals surface area (Å²) in [4.78, 5) is 27.1. The summed E-state index contributed by atoms with van der Waals surface area (Å²) in [5, 5.41) is 2.05. The summed E-state index contributed by atoms with van der Waals surface area (Å²) < 4.78 is 10.5. The lowest BCUT2D eigenvalue weighted by Gasteiger charge is -2.27. The molecule has 1 aromatic rings. The maximum absolute atomic E-state index is 12.2. The molecule has 0 N–H and O–H groups in total. The number of carbonyl (C=O) groups excluding carboxylic acids is 2. The zero-order valence-corrected chi connectivity index (χ0v) is 14.9. The van der Waals surface area contributed by atoms with Crippen LogP contribution in [0.3, 0.4) is 0 Å². The van der Waals surface area contributed by atoms with E-state index in [0.717, 1.165) is 12.8 Å². The van der Waals surface area contributed by atoms with Crippen molar-refractivity contribution in [1.29, 1.82) is 0 Å². The largest absolute Gasteiger partial charge is 0.454 e. The van der Waals surface area contributed by atoms with Gasteiger partial charge in [0.15, 0.2) is 12.7 Å². The van der Waals surface area contributed by atoms with Gasteiger partial charge in [0.05, 0.1) is 0 Å². The third-order valence-electron chi connectivity index (χ3n) is 3.89. The Balaban J connectivity index is 1.71. The maximum atomic E-state index is 12.2. The number of rotatable bonds is 7. The quantitative estimate of drug-likeness (QED) is 0.717. The van der Waals surface area contributed by atoms with E-state index >= 15 is 0 Å². The average molecular weight is 339 g/mol. The van der Waals surface area contributed by atoms with Crippen molar-refractivity contribution in [2.24, 2.45) is 5.92 Å². The second kappa shape index (κ2) is 8.45. The molecule has 128 valence electrons. The minimum Gasteiger partial charge on any atom is -0.454 e. The van der Waals surface area contributed by atoms with Gasteiger partial charge in [0.25, 0.3) is 5.91 Å². The first-order valence-corrected chi connectivity index (χ1v) is 8.96. The molecule has 6 heteroatoms. The first-order chi connectivity index (χ1) is 11.0. The fourth-order valence-electron chi connectivity index (χ4n) is 2.35. The average Bonchev–Trinajstić information content (AvgIpc) is 2.99. The van der Waals surface area contributed by atoms with Crippen molar-refractivity contribution in [3.63, 3.8) is 0 Å². The Kier molecular flexibility index (Phi) is 6.59. The lowest BCUT2D eigenvalue weighted by Crippen LogP contribution is -2.39. The number of carbonyl (C=O) groups is 2. The molecule has 0 saturated heterocycles. The second-order valence-electron chi connectivity index (χ2n) is 6.24. The van der Waals surface area contributed by atoms with Gasteiger partial charge in [-0.05, 0) is 42.7 Å². The Morgan fingerprint density at radius 2 is 2.13 bits per heavy atom. The Hall–Kier alpha value is -1.40. The van der Waals surface area contributed by atoms with Crippen LogP contribution in [0.15, 0.2) is 11.4 Å². The summed E-state index contributed by atoms with van der Waals surface area (Å²) in [5.74, 6) is -0.0965. The Morgan fingerprint density at radius 1 is 1.35 bits per heavy atom.